The summed E-state index contributed by atoms with van der Waals surface area (Å²) in [6.45, 7) is 2.06. The second-order valence-electron chi connectivity index (χ2n) is 4.10. The van der Waals surface area contributed by atoms with Gasteiger partial charge in [-0.1, -0.05) is 0 Å². The van der Waals surface area contributed by atoms with Gasteiger partial charge in [0.15, 0.2) is 6.10 Å². The molecule has 1 N–H and O–H groups in total. The van der Waals surface area contributed by atoms with Crippen LogP contribution in [-0.2, 0) is 19.0 Å². The summed E-state index contributed by atoms with van der Waals surface area (Å²) in [6, 6.07) is 0. The summed E-state index contributed by atoms with van der Waals surface area (Å²) in [7, 11) is 1.43. The summed E-state index contributed by atoms with van der Waals surface area (Å²) in [4.78, 5) is 11.6. The number of carbonyl (C=O) groups excluding carboxylic acids is 1. The van der Waals surface area contributed by atoms with Crippen molar-refractivity contribution in [3.63, 3.8) is 0 Å². The third kappa shape index (κ3) is 1.60. The van der Waals surface area contributed by atoms with Gasteiger partial charge in [0.2, 0.25) is 5.79 Å². The zero-order valence-electron chi connectivity index (χ0n) is 9.49. The normalized spacial score (nSPS) is 35.2. The Hall–Kier alpha value is -1.07. The first-order valence-electron chi connectivity index (χ1n) is 5.41. The van der Waals surface area contributed by atoms with E-state index in [-0.39, 0.29) is 5.76 Å². The molecule has 0 saturated carbocycles. The number of methoxy groups -OCH3 is 1. The van der Waals surface area contributed by atoms with Gasteiger partial charge in [-0.05, 0) is 19.8 Å². The van der Waals surface area contributed by atoms with Crippen molar-refractivity contribution in [1.29, 1.82) is 0 Å². The van der Waals surface area contributed by atoms with Crippen molar-refractivity contribution in [2.75, 3.05) is 13.7 Å². The Bertz CT molecular complexity index is 327. The molecule has 2 rings (SSSR count). The molecule has 1 saturated heterocycles. The molecule has 5 nitrogen and oxygen atoms in total. The highest BCUT2D eigenvalue weighted by Gasteiger charge is 2.51. The van der Waals surface area contributed by atoms with Crippen molar-refractivity contribution < 1.29 is 24.1 Å². The van der Waals surface area contributed by atoms with E-state index in [1.807, 2.05) is 0 Å². The largest absolute Gasteiger partial charge is 0.498 e. The number of ether oxygens (including phenoxy) is 3. The average Bonchev–Trinajstić information content (AvgIpc) is 2.29. The fraction of sp³-hybridized carbons (Fsp3) is 0.727. The lowest BCUT2D eigenvalue weighted by atomic mass is 9.94. The van der Waals surface area contributed by atoms with Crippen LogP contribution in [-0.4, -0.2) is 36.7 Å². The summed E-state index contributed by atoms with van der Waals surface area (Å²) in [5.74, 6) is -1.47. The minimum Gasteiger partial charge on any atom is -0.498 e. The number of hydrogen-bond acceptors (Lipinski definition) is 5. The molecule has 0 aromatic heterocycles. The molecule has 1 fully saturated rings. The molecule has 5 heteroatoms. The highest BCUT2D eigenvalue weighted by Crippen LogP contribution is 2.38. The lowest BCUT2D eigenvalue weighted by molar-refractivity contribution is -0.286. The number of esters is 1. The molecule has 16 heavy (non-hydrogen) atoms. The molecule has 0 bridgehead atoms. The molecule has 2 atom stereocenters. The molecule has 1 spiro atoms. The van der Waals surface area contributed by atoms with E-state index in [1.165, 1.54) is 7.11 Å². The standard InChI is InChI=1S/C11H16O5/c1-7-8(14-2)9(12)11(16-10(7)13)5-3-4-6-15-11/h9,12H,3-6H2,1-2H3/t9-,11-/m1/s1. The first kappa shape index (κ1) is 11.4. The predicted octanol–water partition coefficient (Wildman–Crippen LogP) is 0.721. The minimum atomic E-state index is -1.24. The number of aliphatic hydroxyl groups excluding tert-OH is 1. The summed E-state index contributed by atoms with van der Waals surface area (Å²) in [6.07, 6.45) is 1.24. The highest BCUT2D eigenvalue weighted by molar-refractivity contribution is 5.89. The van der Waals surface area contributed by atoms with E-state index in [1.54, 1.807) is 6.92 Å². The zero-order valence-corrected chi connectivity index (χ0v) is 9.49. The van der Waals surface area contributed by atoms with Crippen LogP contribution in [0.15, 0.2) is 11.3 Å². The Balaban J connectivity index is 2.34. The molecule has 0 amide bonds. The fourth-order valence-electron chi connectivity index (χ4n) is 2.15. The van der Waals surface area contributed by atoms with Crippen molar-refractivity contribution in [3.05, 3.63) is 11.3 Å². The number of carbonyl (C=O) groups is 1. The molecule has 0 unspecified atom stereocenters. The predicted molar refractivity (Wildman–Crippen MR) is 54.3 cm³/mol. The van der Waals surface area contributed by atoms with Crippen molar-refractivity contribution in [2.24, 2.45) is 0 Å². The third-order valence-electron chi connectivity index (χ3n) is 3.09. The van der Waals surface area contributed by atoms with Gasteiger partial charge in [-0.2, -0.15) is 0 Å². The minimum absolute atomic E-state index is 0.248. The summed E-state index contributed by atoms with van der Waals surface area (Å²) < 4.78 is 15.7. The molecule has 90 valence electrons. The Morgan fingerprint density at radius 2 is 2.25 bits per heavy atom. The molecule has 0 radical (unpaired) electrons. The van der Waals surface area contributed by atoms with Crippen LogP contribution < -0.4 is 0 Å². The van der Waals surface area contributed by atoms with E-state index < -0.39 is 17.9 Å². The van der Waals surface area contributed by atoms with Gasteiger partial charge >= 0.3 is 5.97 Å². The summed E-state index contributed by atoms with van der Waals surface area (Å²) in [5.41, 5.74) is 0.301. The van der Waals surface area contributed by atoms with Gasteiger partial charge in [0, 0.05) is 6.42 Å². The lowest BCUT2D eigenvalue weighted by Crippen LogP contribution is -2.54. The van der Waals surface area contributed by atoms with Crippen molar-refractivity contribution in [1.82, 2.24) is 0 Å². The molecule has 2 aliphatic heterocycles. The number of aliphatic hydroxyl groups is 1. The van der Waals surface area contributed by atoms with Gasteiger partial charge in [-0.25, -0.2) is 4.79 Å². The van der Waals surface area contributed by atoms with Crippen LogP contribution in [0.1, 0.15) is 26.2 Å². The number of hydrogen-bond donors (Lipinski definition) is 1. The smallest absolute Gasteiger partial charge is 0.339 e. The molecule has 2 aliphatic rings. The molecule has 2 heterocycles. The van der Waals surface area contributed by atoms with E-state index in [9.17, 15) is 9.90 Å². The Kier molecular flexibility index (Phi) is 2.90. The monoisotopic (exact) mass is 228 g/mol. The summed E-state index contributed by atoms with van der Waals surface area (Å²) in [5, 5.41) is 10.1. The van der Waals surface area contributed by atoms with E-state index in [2.05, 4.69) is 0 Å². The molecule has 0 aromatic rings. The van der Waals surface area contributed by atoms with Crippen molar-refractivity contribution in [2.45, 2.75) is 38.1 Å². The van der Waals surface area contributed by atoms with Gasteiger partial charge in [0.1, 0.15) is 5.76 Å². The zero-order chi connectivity index (χ0) is 11.8. The van der Waals surface area contributed by atoms with Crippen LogP contribution in [0.2, 0.25) is 0 Å². The first-order chi connectivity index (χ1) is 7.60. The topological polar surface area (TPSA) is 65.0 Å². The third-order valence-corrected chi connectivity index (χ3v) is 3.09. The maximum absolute atomic E-state index is 11.6. The molecule has 0 aromatic carbocycles. The van der Waals surface area contributed by atoms with E-state index >= 15 is 0 Å². The van der Waals surface area contributed by atoms with Gasteiger partial charge in [-0.15, -0.1) is 0 Å². The SMILES string of the molecule is COC1=C(C)C(=O)O[C@]2(CCCCO2)[C@@H]1O. The second kappa shape index (κ2) is 4.07. The summed E-state index contributed by atoms with van der Waals surface area (Å²) >= 11 is 0. The number of rotatable bonds is 1. The van der Waals surface area contributed by atoms with Gasteiger partial charge in [0.05, 0.1) is 19.3 Å². The Morgan fingerprint density at radius 1 is 1.50 bits per heavy atom. The van der Waals surface area contributed by atoms with Crippen molar-refractivity contribution >= 4 is 5.97 Å². The van der Waals surface area contributed by atoms with Crippen molar-refractivity contribution in [3.8, 4) is 0 Å². The second-order valence-corrected chi connectivity index (χ2v) is 4.10. The molecule has 0 aliphatic carbocycles. The van der Waals surface area contributed by atoms with Crippen LogP contribution in [0.3, 0.4) is 0 Å². The first-order valence-corrected chi connectivity index (χ1v) is 5.41. The molecular weight excluding hydrogens is 212 g/mol. The maximum atomic E-state index is 11.6. The van der Waals surface area contributed by atoms with Crippen LogP contribution >= 0.6 is 0 Å². The van der Waals surface area contributed by atoms with Gasteiger partial charge < -0.3 is 19.3 Å². The van der Waals surface area contributed by atoms with Crippen LogP contribution in [0.25, 0.3) is 0 Å². The van der Waals surface area contributed by atoms with E-state index in [4.69, 9.17) is 14.2 Å². The van der Waals surface area contributed by atoms with Crippen LogP contribution in [0.4, 0.5) is 0 Å². The van der Waals surface area contributed by atoms with Crippen LogP contribution in [0.5, 0.6) is 0 Å². The molecular formula is C11H16O5. The van der Waals surface area contributed by atoms with Gasteiger partial charge in [-0.3, -0.25) is 0 Å². The quantitative estimate of drug-likeness (QED) is 0.670. The highest BCUT2D eigenvalue weighted by atomic mass is 16.7. The van der Waals surface area contributed by atoms with E-state index in [0.29, 0.717) is 18.6 Å². The van der Waals surface area contributed by atoms with E-state index in [0.717, 1.165) is 12.8 Å². The van der Waals surface area contributed by atoms with Crippen LogP contribution in [0, 0.1) is 0 Å². The maximum Gasteiger partial charge on any atom is 0.339 e. The average molecular weight is 228 g/mol. The Morgan fingerprint density at radius 3 is 2.81 bits per heavy atom. The fourth-order valence-corrected chi connectivity index (χ4v) is 2.15. The van der Waals surface area contributed by atoms with Gasteiger partial charge in [0.25, 0.3) is 0 Å². The Labute approximate surface area is 94.0 Å². The lowest BCUT2D eigenvalue weighted by Gasteiger charge is -2.42.